The fraction of sp³-hybridized carbons (Fsp3) is 0.182. The van der Waals surface area contributed by atoms with Crippen LogP contribution in [0.4, 0.5) is 11.4 Å². The molecule has 0 aliphatic carbocycles. The summed E-state index contributed by atoms with van der Waals surface area (Å²) in [6.45, 7) is 2.00. The zero-order chi connectivity index (χ0) is 22.9. The minimum atomic E-state index is -3.86. The van der Waals surface area contributed by atoms with Crippen LogP contribution in [-0.4, -0.2) is 31.1 Å². The first-order valence-corrected chi connectivity index (χ1v) is 12.5. The van der Waals surface area contributed by atoms with Gasteiger partial charge in [-0.2, -0.15) is 4.31 Å². The number of carbonyl (C=O) groups is 2. The monoisotopic (exact) mass is 489 g/mol. The molecule has 2 amide bonds. The minimum absolute atomic E-state index is 0.0228. The highest BCUT2D eigenvalue weighted by Gasteiger charge is 2.32. The molecule has 32 heavy (non-hydrogen) atoms. The molecule has 0 fully saturated rings. The standard InChI is InChI=1S/C22H20ClN3O4S2/c1-14(27)24-17-6-7-19(18(23)12-17)25-22(28)21-20(9-11-31-21)32(29,30)26-10-8-15-4-2-3-5-16(15)13-26/h2-7,9,11-12H,8,10,13H2,1H3,(H,24,27)(H,25,28). The summed E-state index contributed by atoms with van der Waals surface area (Å²) in [7, 11) is -3.86. The van der Waals surface area contributed by atoms with E-state index in [0.29, 0.717) is 24.3 Å². The average molecular weight is 490 g/mol. The van der Waals surface area contributed by atoms with Gasteiger partial charge in [0.1, 0.15) is 9.77 Å². The van der Waals surface area contributed by atoms with Crippen LogP contribution in [0.2, 0.25) is 5.02 Å². The second-order valence-electron chi connectivity index (χ2n) is 7.30. The third-order valence-electron chi connectivity index (χ3n) is 5.09. The molecule has 2 heterocycles. The van der Waals surface area contributed by atoms with Crippen molar-refractivity contribution in [2.45, 2.75) is 24.8 Å². The van der Waals surface area contributed by atoms with E-state index in [2.05, 4.69) is 10.6 Å². The summed E-state index contributed by atoms with van der Waals surface area (Å²) >= 11 is 7.28. The molecule has 0 unspecified atom stereocenters. The largest absolute Gasteiger partial charge is 0.326 e. The van der Waals surface area contributed by atoms with Crippen LogP contribution < -0.4 is 10.6 Å². The molecule has 4 rings (SSSR count). The van der Waals surface area contributed by atoms with Crippen molar-refractivity contribution in [2.75, 3.05) is 17.2 Å². The van der Waals surface area contributed by atoms with Gasteiger partial charge in [-0.25, -0.2) is 8.42 Å². The van der Waals surface area contributed by atoms with Gasteiger partial charge >= 0.3 is 0 Å². The molecular weight excluding hydrogens is 470 g/mol. The Morgan fingerprint density at radius 3 is 2.53 bits per heavy atom. The lowest BCUT2D eigenvalue weighted by atomic mass is 10.0. The quantitative estimate of drug-likeness (QED) is 0.556. The highest BCUT2D eigenvalue weighted by Crippen LogP contribution is 2.31. The number of anilines is 2. The molecule has 166 valence electrons. The van der Waals surface area contributed by atoms with Crippen molar-refractivity contribution in [3.05, 3.63) is 74.9 Å². The van der Waals surface area contributed by atoms with Gasteiger partial charge in [-0.05, 0) is 47.2 Å². The van der Waals surface area contributed by atoms with Crippen LogP contribution in [0.15, 0.2) is 58.8 Å². The fourth-order valence-electron chi connectivity index (χ4n) is 3.56. The zero-order valence-corrected chi connectivity index (χ0v) is 19.5. The summed E-state index contributed by atoms with van der Waals surface area (Å²) in [5, 5.41) is 7.08. The molecule has 0 saturated carbocycles. The van der Waals surface area contributed by atoms with Crippen molar-refractivity contribution < 1.29 is 18.0 Å². The van der Waals surface area contributed by atoms with Gasteiger partial charge in [0.25, 0.3) is 5.91 Å². The van der Waals surface area contributed by atoms with Gasteiger partial charge in [0.05, 0.1) is 10.7 Å². The molecule has 1 aliphatic rings. The molecule has 0 atom stereocenters. The van der Waals surface area contributed by atoms with E-state index in [0.717, 1.165) is 22.5 Å². The van der Waals surface area contributed by atoms with Gasteiger partial charge in [-0.3, -0.25) is 9.59 Å². The van der Waals surface area contributed by atoms with Crippen LogP contribution in [0.5, 0.6) is 0 Å². The van der Waals surface area contributed by atoms with Crippen molar-refractivity contribution >= 4 is 56.2 Å². The maximum atomic E-state index is 13.3. The Balaban J connectivity index is 1.56. The maximum absolute atomic E-state index is 13.3. The Labute approximate surface area is 195 Å². The molecular formula is C22H20ClN3O4S2. The topological polar surface area (TPSA) is 95.6 Å². The number of fused-ring (bicyclic) bond motifs is 1. The van der Waals surface area contributed by atoms with Crippen molar-refractivity contribution in [1.82, 2.24) is 4.31 Å². The van der Waals surface area contributed by atoms with E-state index in [4.69, 9.17) is 11.6 Å². The van der Waals surface area contributed by atoms with Gasteiger partial charge < -0.3 is 10.6 Å². The first-order valence-electron chi connectivity index (χ1n) is 9.78. The molecule has 1 aliphatic heterocycles. The number of hydrogen-bond donors (Lipinski definition) is 2. The Kier molecular flexibility index (Phi) is 6.34. The third-order valence-corrected chi connectivity index (χ3v) is 8.33. The smallest absolute Gasteiger partial charge is 0.267 e. The van der Waals surface area contributed by atoms with Crippen LogP contribution in [0.3, 0.4) is 0 Å². The second-order valence-corrected chi connectivity index (χ2v) is 10.5. The average Bonchev–Trinajstić information content (AvgIpc) is 3.26. The number of carbonyl (C=O) groups excluding carboxylic acids is 2. The Bertz CT molecular complexity index is 1300. The zero-order valence-electron chi connectivity index (χ0n) is 17.1. The van der Waals surface area contributed by atoms with Crippen molar-refractivity contribution in [3.63, 3.8) is 0 Å². The lowest BCUT2D eigenvalue weighted by Gasteiger charge is -2.28. The predicted molar refractivity (Wildman–Crippen MR) is 126 cm³/mol. The summed E-state index contributed by atoms with van der Waals surface area (Å²) in [6.07, 6.45) is 0.622. The number of nitrogens with one attached hydrogen (secondary N) is 2. The third kappa shape index (κ3) is 4.56. The number of amides is 2. The minimum Gasteiger partial charge on any atom is -0.326 e. The maximum Gasteiger partial charge on any atom is 0.267 e. The number of hydrogen-bond acceptors (Lipinski definition) is 5. The fourth-order valence-corrected chi connectivity index (χ4v) is 6.50. The van der Waals surface area contributed by atoms with Crippen LogP contribution in [0, 0.1) is 0 Å². The first-order chi connectivity index (χ1) is 15.3. The van der Waals surface area contributed by atoms with Gasteiger partial charge in [-0.1, -0.05) is 35.9 Å². The number of rotatable bonds is 5. The molecule has 0 bridgehead atoms. The molecule has 0 saturated heterocycles. The molecule has 2 N–H and O–H groups in total. The van der Waals surface area contributed by atoms with E-state index in [1.807, 2.05) is 24.3 Å². The van der Waals surface area contributed by atoms with E-state index >= 15 is 0 Å². The number of nitrogens with zero attached hydrogens (tertiary/aromatic N) is 1. The van der Waals surface area contributed by atoms with Crippen molar-refractivity contribution in [2.24, 2.45) is 0 Å². The summed E-state index contributed by atoms with van der Waals surface area (Å²) in [6, 6.07) is 13.9. The van der Waals surface area contributed by atoms with Gasteiger partial charge in [0, 0.05) is 25.7 Å². The molecule has 0 radical (unpaired) electrons. The summed E-state index contributed by atoms with van der Waals surface area (Å²) in [5.41, 5.74) is 2.91. The second kappa shape index (κ2) is 9.03. The van der Waals surface area contributed by atoms with Crippen LogP contribution in [-0.2, 0) is 27.8 Å². The van der Waals surface area contributed by atoms with E-state index in [1.165, 1.54) is 23.4 Å². The predicted octanol–water partition coefficient (Wildman–Crippen LogP) is 4.36. The number of thiophene rings is 1. The Morgan fingerprint density at radius 1 is 1.06 bits per heavy atom. The van der Waals surface area contributed by atoms with Crippen molar-refractivity contribution in [3.8, 4) is 0 Å². The van der Waals surface area contributed by atoms with Crippen LogP contribution in [0.25, 0.3) is 0 Å². The van der Waals surface area contributed by atoms with E-state index in [-0.39, 0.29) is 27.2 Å². The normalized spacial score (nSPS) is 13.9. The highest BCUT2D eigenvalue weighted by atomic mass is 35.5. The van der Waals surface area contributed by atoms with Gasteiger partial charge in [0.2, 0.25) is 15.9 Å². The summed E-state index contributed by atoms with van der Waals surface area (Å²) in [4.78, 5) is 24.2. The lowest BCUT2D eigenvalue weighted by Crippen LogP contribution is -2.36. The van der Waals surface area contributed by atoms with E-state index < -0.39 is 15.9 Å². The molecule has 3 aromatic rings. The summed E-state index contributed by atoms with van der Waals surface area (Å²) in [5.74, 6) is -0.809. The Hall–Kier alpha value is -2.72. The SMILES string of the molecule is CC(=O)Nc1ccc(NC(=O)c2sccc2S(=O)(=O)N2CCc3ccccc3C2)c(Cl)c1. The first kappa shape index (κ1) is 22.5. The van der Waals surface area contributed by atoms with E-state index in [9.17, 15) is 18.0 Å². The molecule has 1 aromatic heterocycles. The van der Waals surface area contributed by atoms with Gasteiger partial charge in [-0.15, -0.1) is 11.3 Å². The number of benzene rings is 2. The molecule has 0 spiro atoms. The summed E-state index contributed by atoms with van der Waals surface area (Å²) < 4.78 is 28.1. The Morgan fingerprint density at radius 2 is 1.81 bits per heavy atom. The number of sulfonamides is 1. The van der Waals surface area contributed by atoms with Gasteiger partial charge in [0.15, 0.2) is 0 Å². The molecule has 10 heteroatoms. The molecule has 7 nitrogen and oxygen atoms in total. The highest BCUT2D eigenvalue weighted by molar-refractivity contribution is 7.89. The number of halogens is 1. The van der Waals surface area contributed by atoms with Crippen LogP contribution in [0.1, 0.15) is 27.7 Å². The van der Waals surface area contributed by atoms with Crippen LogP contribution >= 0.6 is 22.9 Å². The van der Waals surface area contributed by atoms with Crippen molar-refractivity contribution in [1.29, 1.82) is 0 Å². The molecule has 2 aromatic carbocycles. The lowest BCUT2D eigenvalue weighted by molar-refractivity contribution is -0.114. The van der Waals surface area contributed by atoms with E-state index in [1.54, 1.807) is 17.5 Å².